The predicted octanol–water partition coefficient (Wildman–Crippen LogP) is 7.58. The number of hydrogen-bond acceptors (Lipinski definition) is 2. The van der Waals surface area contributed by atoms with Crippen molar-refractivity contribution in [2.75, 3.05) is 6.61 Å². The number of benzene rings is 1. The lowest BCUT2D eigenvalue weighted by Gasteiger charge is -2.12. The molecule has 27 heavy (non-hydrogen) atoms. The van der Waals surface area contributed by atoms with Gasteiger partial charge in [-0.1, -0.05) is 109 Å². The lowest BCUT2D eigenvalue weighted by molar-refractivity contribution is -0.148. The highest BCUT2D eigenvalue weighted by Crippen LogP contribution is 2.21. The molecule has 2 heteroatoms. The van der Waals surface area contributed by atoms with Crippen molar-refractivity contribution in [2.24, 2.45) is 5.92 Å². The summed E-state index contributed by atoms with van der Waals surface area (Å²) in [6, 6.07) is 10.2. The van der Waals surface area contributed by atoms with Gasteiger partial charge in [0.15, 0.2) is 0 Å². The minimum Gasteiger partial charge on any atom is -0.465 e. The highest BCUT2D eigenvalue weighted by atomic mass is 16.5. The Morgan fingerprint density at radius 1 is 0.926 bits per heavy atom. The predicted molar refractivity (Wildman–Crippen MR) is 117 cm³/mol. The van der Waals surface area contributed by atoms with E-state index in [-0.39, 0.29) is 11.9 Å². The van der Waals surface area contributed by atoms with Gasteiger partial charge in [-0.25, -0.2) is 0 Å². The maximum atomic E-state index is 12.1. The normalized spacial score (nSPS) is 11.9. The molecule has 0 saturated heterocycles. The maximum Gasteiger partial charge on any atom is 0.308 e. The highest BCUT2D eigenvalue weighted by molar-refractivity contribution is 5.72. The zero-order valence-corrected chi connectivity index (χ0v) is 17.7. The molecule has 0 saturated carbocycles. The average Bonchev–Trinajstić information content (AvgIpc) is 2.70. The second-order valence-electron chi connectivity index (χ2n) is 7.76. The first-order chi connectivity index (χ1) is 13.1. The maximum absolute atomic E-state index is 12.1. The van der Waals surface area contributed by atoms with Gasteiger partial charge in [0.05, 0.1) is 12.5 Å². The summed E-state index contributed by atoms with van der Waals surface area (Å²) in [5.74, 6) is -0.125. The number of carbonyl (C=O) groups is 1. The fourth-order valence-electron chi connectivity index (χ4n) is 3.23. The molecular weight excluding hydrogens is 332 g/mol. The molecule has 0 fully saturated rings. The van der Waals surface area contributed by atoms with Crippen LogP contribution >= 0.6 is 0 Å². The number of allylic oxidation sites excluding steroid dienone is 1. The first-order valence-corrected chi connectivity index (χ1v) is 11.0. The van der Waals surface area contributed by atoms with Gasteiger partial charge >= 0.3 is 5.97 Å². The molecule has 1 aromatic rings. The van der Waals surface area contributed by atoms with Crippen LogP contribution in [0.3, 0.4) is 0 Å². The second kappa shape index (κ2) is 15.5. The Morgan fingerprint density at radius 2 is 1.48 bits per heavy atom. The van der Waals surface area contributed by atoms with E-state index in [1.54, 1.807) is 0 Å². The average molecular weight is 373 g/mol. The molecule has 2 nitrogen and oxygen atoms in total. The summed E-state index contributed by atoms with van der Waals surface area (Å²) >= 11 is 0. The SMILES string of the molecule is C=C(CCC(C)C(=O)OCCCCCCCCCCCC)c1ccccc1. The van der Waals surface area contributed by atoms with Crippen LogP contribution in [-0.2, 0) is 9.53 Å². The Hall–Kier alpha value is -1.57. The lowest BCUT2D eigenvalue weighted by Crippen LogP contribution is -2.15. The number of hydrogen-bond donors (Lipinski definition) is 0. The summed E-state index contributed by atoms with van der Waals surface area (Å²) in [5, 5.41) is 0. The number of esters is 1. The van der Waals surface area contributed by atoms with E-state index < -0.39 is 0 Å². The third-order valence-electron chi connectivity index (χ3n) is 5.21. The Labute approximate surface area is 167 Å². The molecule has 0 bridgehead atoms. The Balaban J connectivity index is 1.99. The molecule has 0 radical (unpaired) electrons. The molecule has 1 rings (SSSR count). The molecule has 1 aromatic carbocycles. The van der Waals surface area contributed by atoms with Crippen LogP contribution in [0.25, 0.3) is 5.57 Å². The topological polar surface area (TPSA) is 26.3 Å². The van der Waals surface area contributed by atoms with Crippen molar-refractivity contribution in [1.82, 2.24) is 0 Å². The molecule has 0 N–H and O–H groups in total. The molecule has 0 spiro atoms. The fourth-order valence-corrected chi connectivity index (χ4v) is 3.23. The summed E-state index contributed by atoms with van der Waals surface area (Å²) in [6.07, 6.45) is 14.6. The molecule has 0 heterocycles. The van der Waals surface area contributed by atoms with Crippen LogP contribution in [0.15, 0.2) is 36.9 Å². The van der Waals surface area contributed by atoms with E-state index in [0.717, 1.165) is 30.4 Å². The van der Waals surface area contributed by atoms with Crippen LogP contribution in [0.5, 0.6) is 0 Å². The molecule has 1 unspecified atom stereocenters. The Morgan fingerprint density at radius 3 is 2.07 bits per heavy atom. The molecule has 0 aliphatic heterocycles. The van der Waals surface area contributed by atoms with Crippen molar-refractivity contribution < 1.29 is 9.53 Å². The molecule has 0 aliphatic carbocycles. The van der Waals surface area contributed by atoms with Gasteiger partial charge in [0.2, 0.25) is 0 Å². The monoisotopic (exact) mass is 372 g/mol. The van der Waals surface area contributed by atoms with Gasteiger partial charge in [-0.05, 0) is 30.4 Å². The molecule has 0 amide bonds. The van der Waals surface area contributed by atoms with Crippen molar-refractivity contribution in [3.05, 3.63) is 42.5 Å². The first-order valence-electron chi connectivity index (χ1n) is 11.0. The van der Waals surface area contributed by atoms with E-state index in [1.807, 2.05) is 25.1 Å². The number of ether oxygens (including phenoxy) is 1. The van der Waals surface area contributed by atoms with Crippen molar-refractivity contribution in [1.29, 1.82) is 0 Å². The van der Waals surface area contributed by atoms with Gasteiger partial charge in [-0.15, -0.1) is 0 Å². The molecule has 152 valence electrons. The smallest absolute Gasteiger partial charge is 0.308 e. The molecule has 1 atom stereocenters. The summed E-state index contributed by atoms with van der Waals surface area (Å²) in [7, 11) is 0. The van der Waals surface area contributed by atoms with Crippen molar-refractivity contribution >= 4 is 11.5 Å². The summed E-state index contributed by atoms with van der Waals surface area (Å²) in [5.41, 5.74) is 2.24. The minimum atomic E-state index is -0.0632. The van der Waals surface area contributed by atoms with Crippen molar-refractivity contribution in [2.45, 2.75) is 90.9 Å². The number of carbonyl (C=O) groups excluding carboxylic acids is 1. The first kappa shape index (κ1) is 23.5. The summed E-state index contributed by atoms with van der Waals surface area (Å²) in [6.45, 7) is 8.92. The van der Waals surface area contributed by atoms with Gasteiger partial charge in [-0.3, -0.25) is 4.79 Å². The van der Waals surface area contributed by atoms with E-state index in [1.165, 1.54) is 57.8 Å². The van der Waals surface area contributed by atoms with E-state index >= 15 is 0 Å². The van der Waals surface area contributed by atoms with E-state index in [4.69, 9.17) is 4.74 Å². The standard InChI is InChI=1S/C25H40O2/c1-4-5-6-7-8-9-10-11-12-16-21-27-25(26)23(3)20-19-22(2)24-17-14-13-15-18-24/h13-15,17-18,23H,2,4-12,16,19-21H2,1,3H3. The fraction of sp³-hybridized carbons (Fsp3) is 0.640. The van der Waals surface area contributed by atoms with Crippen molar-refractivity contribution in [3.63, 3.8) is 0 Å². The summed E-state index contributed by atoms with van der Waals surface area (Å²) in [4.78, 5) is 12.1. The zero-order chi connectivity index (χ0) is 19.7. The van der Waals surface area contributed by atoms with Gasteiger partial charge in [0.1, 0.15) is 0 Å². The quantitative estimate of drug-likeness (QED) is 0.221. The second-order valence-corrected chi connectivity index (χ2v) is 7.76. The van der Waals surface area contributed by atoms with Gasteiger partial charge in [0.25, 0.3) is 0 Å². The van der Waals surface area contributed by atoms with Gasteiger partial charge in [-0.2, -0.15) is 0 Å². The van der Waals surface area contributed by atoms with Gasteiger partial charge < -0.3 is 4.74 Å². The van der Waals surface area contributed by atoms with Crippen LogP contribution in [-0.4, -0.2) is 12.6 Å². The van der Waals surface area contributed by atoms with Crippen LogP contribution < -0.4 is 0 Å². The van der Waals surface area contributed by atoms with Crippen LogP contribution in [0, 0.1) is 5.92 Å². The number of rotatable bonds is 16. The molecule has 0 aromatic heterocycles. The lowest BCUT2D eigenvalue weighted by atomic mass is 9.97. The van der Waals surface area contributed by atoms with Crippen LogP contribution in [0.1, 0.15) is 96.5 Å². The largest absolute Gasteiger partial charge is 0.465 e. The Kier molecular flexibility index (Phi) is 13.5. The van der Waals surface area contributed by atoms with Crippen LogP contribution in [0.2, 0.25) is 0 Å². The van der Waals surface area contributed by atoms with E-state index in [2.05, 4.69) is 25.6 Å². The summed E-state index contributed by atoms with van der Waals surface area (Å²) < 4.78 is 5.45. The molecule has 0 aliphatic rings. The highest BCUT2D eigenvalue weighted by Gasteiger charge is 2.14. The van der Waals surface area contributed by atoms with E-state index in [0.29, 0.717) is 6.61 Å². The van der Waals surface area contributed by atoms with Crippen molar-refractivity contribution in [3.8, 4) is 0 Å². The zero-order valence-electron chi connectivity index (χ0n) is 17.7. The van der Waals surface area contributed by atoms with Crippen LogP contribution in [0.4, 0.5) is 0 Å². The van der Waals surface area contributed by atoms with Gasteiger partial charge in [0, 0.05) is 0 Å². The third kappa shape index (κ3) is 11.7. The Bertz CT molecular complexity index is 506. The minimum absolute atomic E-state index is 0.0615. The molecular formula is C25H40O2. The van der Waals surface area contributed by atoms with E-state index in [9.17, 15) is 4.79 Å². The number of unbranched alkanes of at least 4 members (excludes halogenated alkanes) is 9. The third-order valence-corrected chi connectivity index (χ3v) is 5.21.